The SMILES string of the molecule is O=C(/C=C/c1ccc(COc2ccc3cc(Br)ccc3c2)o1)c1cccc(OC(F)F)c1. The molecule has 0 fully saturated rings. The Bertz CT molecular complexity index is 1280. The molecule has 0 N–H and O–H groups in total. The van der Waals surface area contributed by atoms with Crippen molar-refractivity contribution < 1.29 is 27.5 Å². The lowest BCUT2D eigenvalue weighted by Gasteiger charge is -2.06. The zero-order chi connectivity index (χ0) is 22.5. The summed E-state index contributed by atoms with van der Waals surface area (Å²) in [6.07, 6.45) is 2.83. The van der Waals surface area contributed by atoms with E-state index in [0.29, 0.717) is 11.5 Å². The fourth-order valence-electron chi connectivity index (χ4n) is 3.08. The van der Waals surface area contributed by atoms with Crippen molar-refractivity contribution >= 4 is 38.6 Å². The molecular weight excluding hydrogens is 482 g/mol. The smallest absolute Gasteiger partial charge is 0.387 e. The Balaban J connectivity index is 1.37. The molecule has 32 heavy (non-hydrogen) atoms. The van der Waals surface area contributed by atoms with E-state index in [4.69, 9.17) is 9.15 Å². The van der Waals surface area contributed by atoms with Crippen molar-refractivity contribution in [2.75, 3.05) is 0 Å². The number of benzene rings is 3. The normalized spacial score (nSPS) is 11.4. The molecule has 0 atom stereocenters. The number of halogens is 3. The molecule has 3 aromatic carbocycles. The Morgan fingerprint density at radius 2 is 1.78 bits per heavy atom. The number of ether oxygens (including phenoxy) is 2. The third kappa shape index (κ3) is 5.62. The van der Waals surface area contributed by atoms with Gasteiger partial charge in [0.15, 0.2) is 5.78 Å². The molecular formula is C25H17BrF2O4. The zero-order valence-corrected chi connectivity index (χ0v) is 18.2. The molecule has 0 spiro atoms. The maximum Gasteiger partial charge on any atom is 0.387 e. The van der Waals surface area contributed by atoms with Crippen LogP contribution in [0.4, 0.5) is 8.78 Å². The summed E-state index contributed by atoms with van der Waals surface area (Å²) in [5.41, 5.74) is 0.234. The first-order chi connectivity index (χ1) is 15.5. The van der Waals surface area contributed by atoms with Crippen LogP contribution in [-0.2, 0) is 6.61 Å². The van der Waals surface area contributed by atoms with Crippen LogP contribution in [0.3, 0.4) is 0 Å². The summed E-state index contributed by atoms with van der Waals surface area (Å²) < 4.78 is 41.5. The zero-order valence-electron chi connectivity index (χ0n) is 16.6. The molecule has 4 nitrogen and oxygen atoms in total. The van der Waals surface area contributed by atoms with Gasteiger partial charge < -0.3 is 13.9 Å². The van der Waals surface area contributed by atoms with Gasteiger partial charge in [-0.3, -0.25) is 4.79 Å². The van der Waals surface area contributed by atoms with Crippen LogP contribution >= 0.6 is 15.9 Å². The minimum absolute atomic E-state index is 0.0713. The van der Waals surface area contributed by atoms with Crippen LogP contribution < -0.4 is 9.47 Å². The van der Waals surface area contributed by atoms with Crippen LogP contribution in [0.1, 0.15) is 21.9 Å². The van der Waals surface area contributed by atoms with Crippen LogP contribution in [-0.4, -0.2) is 12.4 Å². The fraction of sp³-hybridized carbons (Fsp3) is 0.0800. The van der Waals surface area contributed by atoms with E-state index in [0.717, 1.165) is 21.0 Å². The van der Waals surface area contributed by atoms with Gasteiger partial charge in [0.25, 0.3) is 0 Å². The number of allylic oxidation sites excluding steroid dienone is 1. The van der Waals surface area contributed by atoms with E-state index in [1.165, 1.54) is 36.4 Å². The number of carbonyl (C=O) groups is 1. The van der Waals surface area contributed by atoms with Gasteiger partial charge in [-0.25, -0.2) is 0 Å². The third-order valence-electron chi connectivity index (χ3n) is 4.58. The van der Waals surface area contributed by atoms with Crippen molar-refractivity contribution in [1.29, 1.82) is 0 Å². The predicted octanol–water partition coefficient (Wildman–Crippen LogP) is 7.27. The van der Waals surface area contributed by atoms with E-state index >= 15 is 0 Å². The Morgan fingerprint density at radius 1 is 0.969 bits per heavy atom. The molecule has 0 unspecified atom stereocenters. The third-order valence-corrected chi connectivity index (χ3v) is 5.07. The Hall–Kier alpha value is -3.45. The second-order valence-corrected chi connectivity index (χ2v) is 7.77. The number of fused-ring (bicyclic) bond motifs is 1. The molecule has 162 valence electrons. The number of carbonyl (C=O) groups excluding carboxylic acids is 1. The molecule has 4 rings (SSSR count). The van der Waals surface area contributed by atoms with Gasteiger partial charge in [0.2, 0.25) is 0 Å². The highest BCUT2D eigenvalue weighted by Gasteiger charge is 2.08. The lowest BCUT2D eigenvalue weighted by atomic mass is 10.1. The monoisotopic (exact) mass is 498 g/mol. The summed E-state index contributed by atoms with van der Waals surface area (Å²) in [6, 6.07) is 21.0. The summed E-state index contributed by atoms with van der Waals surface area (Å²) >= 11 is 3.46. The van der Waals surface area contributed by atoms with Crippen molar-refractivity contribution in [1.82, 2.24) is 0 Å². The van der Waals surface area contributed by atoms with Gasteiger partial charge in [0, 0.05) is 10.0 Å². The summed E-state index contributed by atoms with van der Waals surface area (Å²) in [6.45, 7) is -2.71. The summed E-state index contributed by atoms with van der Waals surface area (Å²) in [7, 11) is 0. The first-order valence-electron chi connectivity index (χ1n) is 9.64. The number of furan rings is 1. The fourth-order valence-corrected chi connectivity index (χ4v) is 3.46. The molecule has 0 bridgehead atoms. The standard InChI is InChI=1S/C25H17BrF2O4/c26-19-6-4-17-13-21(7-5-16(17)12-19)30-15-23-9-8-20(31-23)10-11-24(29)18-2-1-3-22(14-18)32-25(27)28/h1-14,25H,15H2/b11-10+. The van der Waals surface area contributed by atoms with Crippen molar-refractivity contribution in [2.24, 2.45) is 0 Å². The second-order valence-electron chi connectivity index (χ2n) is 6.85. The van der Waals surface area contributed by atoms with Crippen molar-refractivity contribution in [2.45, 2.75) is 13.2 Å². The second kappa shape index (κ2) is 9.78. The average molecular weight is 499 g/mol. The maximum atomic E-state index is 12.3. The number of rotatable bonds is 8. The van der Waals surface area contributed by atoms with Gasteiger partial charge >= 0.3 is 6.61 Å². The minimum atomic E-state index is -2.95. The first kappa shape index (κ1) is 21.8. The molecule has 0 radical (unpaired) electrons. The molecule has 0 saturated carbocycles. The lowest BCUT2D eigenvalue weighted by molar-refractivity contribution is -0.0498. The van der Waals surface area contributed by atoms with Crippen LogP contribution in [0.15, 0.2) is 87.8 Å². The van der Waals surface area contributed by atoms with Gasteiger partial charge in [-0.2, -0.15) is 8.78 Å². The number of hydrogen-bond donors (Lipinski definition) is 0. The highest BCUT2D eigenvalue weighted by atomic mass is 79.9. The quantitative estimate of drug-likeness (QED) is 0.189. The molecule has 0 saturated heterocycles. The van der Waals surface area contributed by atoms with Gasteiger partial charge in [-0.05, 0) is 71.5 Å². The van der Waals surface area contributed by atoms with E-state index in [1.807, 2.05) is 36.4 Å². The minimum Gasteiger partial charge on any atom is -0.486 e. The number of alkyl halides is 2. The van der Waals surface area contributed by atoms with Gasteiger partial charge in [0.05, 0.1) is 0 Å². The molecule has 0 aliphatic rings. The molecule has 1 aromatic heterocycles. The summed E-state index contributed by atoms with van der Waals surface area (Å²) in [5.74, 6) is 1.36. The van der Waals surface area contributed by atoms with E-state index < -0.39 is 6.61 Å². The van der Waals surface area contributed by atoms with Crippen molar-refractivity contribution in [3.05, 3.63) is 100 Å². The Morgan fingerprint density at radius 3 is 2.62 bits per heavy atom. The summed E-state index contributed by atoms with van der Waals surface area (Å²) in [5, 5.41) is 2.17. The molecule has 0 aliphatic heterocycles. The first-order valence-corrected chi connectivity index (χ1v) is 10.4. The Labute approximate surface area is 191 Å². The topological polar surface area (TPSA) is 48.7 Å². The van der Waals surface area contributed by atoms with Gasteiger partial charge in [-0.1, -0.05) is 40.2 Å². The molecule has 4 aromatic rings. The number of ketones is 1. The summed E-state index contributed by atoms with van der Waals surface area (Å²) in [4.78, 5) is 12.3. The van der Waals surface area contributed by atoms with Crippen LogP contribution in [0.25, 0.3) is 16.8 Å². The molecule has 1 heterocycles. The molecule has 0 amide bonds. The van der Waals surface area contributed by atoms with E-state index in [2.05, 4.69) is 20.7 Å². The van der Waals surface area contributed by atoms with Crippen LogP contribution in [0.5, 0.6) is 11.5 Å². The van der Waals surface area contributed by atoms with Crippen molar-refractivity contribution in [3.8, 4) is 11.5 Å². The van der Waals surface area contributed by atoms with Crippen LogP contribution in [0, 0.1) is 0 Å². The average Bonchev–Trinajstić information content (AvgIpc) is 3.23. The van der Waals surface area contributed by atoms with E-state index in [1.54, 1.807) is 12.1 Å². The van der Waals surface area contributed by atoms with Gasteiger partial charge in [0.1, 0.15) is 29.6 Å². The van der Waals surface area contributed by atoms with Crippen molar-refractivity contribution in [3.63, 3.8) is 0 Å². The van der Waals surface area contributed by atoms with Gasteiger partial charge in [-0.15, -0.1) is 0 Å². The largest absolute Gasteiger partial charge is 0.486 e. The highest BCUT2D eigenvalue weighted by Crippen LogP contribution is 2.25. The molecule has 0 aliphatic carbocycles. The highest BCUT2D eigenvalue weighted by molar-refractivity contribution is 9.10. The predicted molar refractivity (Wildman–Crippen MR) is 121 cm³/mol. The molecule has 7 heteroatoms. The lowest BCUT2D eigenvalue weighted by Crippen LogP contribution is -2.03. The number of hydrogen-bond acceptors (Lipinski definition) is 4. The van der Waals surface area contributed by atoms with Crippen LogP contribution in [0.2, 0.25) is 0 Å². The van der Waals surface area contributed by atoms with E-state index in [9.17, 15) is 13.6 Å². The maximum absolute atomic E-state index is 12.3. The Kier molecular flexibility index (Phi) is 6.66. The van der Waals surface area contributed by atoms with E-state index in [-0.39, 0.29) is 23.7 Å².